The molecule has 2 saturated heterocycles. The summed E-state index contributed by atoms with van der Waals surface area (Å²) in [6.45, 7) is 1.79. The van der Waals surface area contributed by atoms with Gasteiger partial charge in [-0.2, -0.15) is 5.16 Å². The molecule has 10 rings (SSSR count). The van der Waals surface area contributed by atoms with E-state index in [1.807, 2.05) is 22.9 Å². The number of benzene rings is 2. The maximum Gasteiger partial charge on any atom is 0.338 e. The van der Waals surface area contributed by atoms with Gasteiger partial charge in [0.25, 0.3) is 11.5 Å². The van der Waals surface area contributed by atoms with Crippen LogP contribution in [0.25, 0.3) is 33.2 Å². The second-order valence-electron chi connectivity index (χ2n) is 14.7. The standard InChI is InChI=1S/C40H30Cl4N10O7/c1-18(55)59-27-8-10-53-36(27)40(58)60-37-35(21-4-6-23(42)32(44)34(21)49-38(37)53)52-15-24(47-17-52)25-7-2-19(14-46-39(57)28-13-30(56)50-61-28)54(25)29-12-26(51-11-9-45-16-51)20-3-5-22(41)31(43)33(20)48-29/h3-6,9,11-13,15-17,19,25,27,36H,2,7-8,10,14H2,1H3,(H,46,57)(H,50,56)/t19-,25?,27-,36-/m0/s1. The Hall–Kier alpha value is -6.14. The van der Waals surface area contributed by atoms with Crippen LogP contribution >= 0.6 is 46.4 Å². The van der Waals surface area contributed by atoms with Crippen molar-refractivity contribution in [3.8, 4) is 17.1 Å². The van der Waals surface area contributed by atoms with E-state index in [0.717, 1.165) is 17.1 Å². The van der Waals surface area contributed by atoms with Gasteiger partial charge in [-0.1, -0.05) is 46.4 Å². The number of rotatable bonds is 8. The molecule has 1 amide bonds. The number of hydrogen-bond acceptors (Lipinski definition) is 13. The fourth-order valence-corrected chi connectivity index (χ4v) is 9.26. The number of ether oxygens (including phenoxy) is 2. The second kappa shape index (κ2) is 15.1. The number of anilines is 2. The minimum Gasteiger partial charge on any atom is -0.460 e. The molecule has 0 saturated carbocycles. The number of esters is 2. The average Bonchev–Trinajstić information content (AvgIpc) is 4.10. The van der Waals surface area contributed by atoms with Crippen LogP contribution in [0.15, 0.2) is 77.0 Å². The molecule has 0 radical (unpaired) electrons. The summed E-state index contributed by atoms with van der Waals surface area (Å²) in [6.07, 6.45) is 9.38. The van der Waals surface area contributed by atoms with Gasteiger partial charge in [-0.3, -0.25) is 14.4 Å². The van der Waals surface area contributed by atoms with Crippen molar-refractivity contribution in [3.63, 3.8) is 0 Å². The lowest BCUT2D eigenvalue weighted by molar-refractivity contribution is -0.150. The Bertz CT molecular complexity index is 3010. The summed E-state index contributed by atoms with van der Waals surface area (Å²) in [6, 6.07) is 8.24. The molecule has 310 valence electrons. The second-order valence-corrected chi connectivity index (χ2v) is 16.3. The van der Waals surface area contributed by atoms with Crippen molar-refractivity contribution in [2.24, 2.45) is 0 Å². The van der Waals surface area contributed by atoms with Crippen molar-refractivity contribution in [2.75, 3.05) is 22.9 Å². The Balaban J connectivity index is 1.10. The maximum absolute atomic E-state index is 13.7. The Kier molecular flexibility index (Phi) is 9.65. The number of H-pyrrole nitrogens is 1. The van der Waals surface area contributed by atoms with E-state index in [2.05, 4.69) is 20.4 Å². The Labute approximate surface area is 364 Å². The van der Waals surface area contributed by atoms with Crippen LogP contribution in [-0.2, 0) is 14.3 Å². The minimum absolute atomic E-state index is 0.136. The third-order valence-electron chi connectivity index (χ3n) is 11.2. The Morgan fingerprint density at radius 2 is 1.72 bits per heavy atom. The smallest absolute Gasteiger partial charge is 0.338 e. The molecule has 17 nitrogen and oxygen atoms in total. The van der Waals surface area contributed by atoms with Crippen LogP contribution in [0.2, 0.25) is 20.1 Å². The molecule has 2 fully saturated rings. The van der Waals surface area contributed by atoms with Crippen LogP contribution in [0.5, 0.6) is 5.75 Å². The molecule has 4 atom stereocenters. The van der Waals surface area contributed by atoms with Gasteiger partial charge in [-0.05, 0) is 37.1 Å². The minimum atomic E-state index is -0.909. The number of carbonyl (C=O) groups excluding carboxylic acids is 3. The van der Waals surface area contributed by atoms with Gasteiger partial charge in [-0.15, -0.1) is 0 Å². The lowest BCUT2D eigenvalue weighted by Crippen LogP contribution is -2.49. The highest BCUT2D eigenvalue weighted by Gasteiger charge is 2.49. The summed E-state index contributed by atoms with van der Waals surface area (Å²) in [5, 5.41) is 7.36. The number of aromatic amines is 1. The Morgan fingerprint density at radius 3 is 2.44 bits per heavy atom. The quantitative estimate of drug-likeness (QED) is 0.155. The van der Waals surface area contributed by atoms with Gasteiger partial charge >= 0.3 is 11.9 Å². The van der Waals surface area contributed by atoms with Crippen LogP contribution < -0.4 is 25.4 Å². The summed E-state index contributed by atoms with van der Waals surface area (Å²) in [5.74, 6) is -0.827. The van der Waals surface area contributed by atoms with Crippen LogP contribution in [-0.4, -0.2) is 83.3 Å². The molecule has 2 aromatic carbocycles. The zero-order valence-electron chi connectivity index (χ0n) is 31.6. The fourth-order valence-electron chi connectivity index (χ4n) is 8.54. The first-order chi connectivity index (χ1) is 29.4. The summed E-state index contributed by atoms with van der Waals surface area (Å²) < 4.78 is 20.2. The van der Waals surface area contributed by atoms with E-state index in [1.54, 1.807) is 52.7 Å². The number of hydrogen-bond donors (Lipinski definition) is 2. The molecular weight excluding hydrogens is 874 g/mol. The summed E-state index contributed by atoms with van der Waals surface area (Å²) in [7, 11) is 0. The highest BCUT2D eigenvalue weighted by molar-refractivity contribution is 6.45. The van der Waals surface area contributed by atoms with Gasteiger partial charge in [0.15, 0.2) is 17.6 Å². The lowest BCUT2D eigenvalue weighted by atomic mass is 10.1. The first-order valence-electron chi connectivity index (χ1n) is 19.0. The van der Waals surface area contributed by atoms with E-state index in [1.165, 1.54) is 6.92 Å². The zero-order chi connectivity index (χ0) is 42.3. The van der Waals surface area contributed by atoms with E-state index in [0.29, 0.717) is 70.3 Å². The topological polar surface area (TPSA) is 196 Å². The molecule has 61 heavy (non-hydrogen) atoms. The van der Waals surface area contributed by atoms with Gasteiger partial charge in [-0.25, -0.2) is 24.7 Å². The predicted octanol–water partition coefficient (Wildman–Crippen LogP) is 6.62. The molecule has 3 aliphatic rings. The third-order valence-corrected chi connectivity index (χ3v) is 12.8. The van der Waals surface area contributed by atoms with Gasteiger partial charge < -0.3 is 38.2 Å². The third kappa shape index (κ3) is 6.63. The number of aromatic nitrogens is 7. The number of pyridine rings is 2. The molecule has 0 spiro atoms. The molecule has 2 N–H and O–H groups in total. The molecule has 5 aromatic heterocycles. The largest absolute Gasteiger partial charge is 0.460 e. The molecule has 0 bridgehead atoms. The molecule has 0 aliphatic carbocycles. The molecule has 1 unspecified atom stereocenters. The molecule has 3 aliphatic heterocycles. The van der Waals surface area contributed by atoms with Crippen molar-refractivity contribution in [3.05, 3.63) is 110 Å². The van der Waals surface area contributed by atoms with Gasteiger partial charge in [0.1, 0.15) is 17.6 Å². The number of fused-ring (bicyclic) bond motifs is 5. The van der Waals surface area contributed by atoms with Gasteiger partial charge in [0.05, 0.1) is 67.3 Å². The highest BCUT2D eigenvalue weighted by Crippen LogP contribution is 2.48. The van der Waals surface area contributed by atoms with Crippen LogP contribution in [0.1, 0.15) is 48.5 Å². The van der Waals surface area contributed by atoms with Crippen molar-refractivity contribution in [1.82, 2.24) is 39.5 Å². The lowest BCUT2D eigenvalue weighted by Gasteiger charge is -2.33. The highest BCUT2D eigenvalue weighted by atomic mass is 35.5. The van der Waals surface area contributed by atoms with Crippen molar-refractivity contribution in [2.45, 2.75) is 50.4 Å². The van der Waals surface area contributed by atoms with Crippen LogP contribution in [0.4, 0.5) is 11.6 Å². The summed E-state index contributed by atoms with van der Waals surface area (Å²) >= 11 is 26.7. The van der Waals surface area contributed by atoms with E-state index in [4.69, 9.17) is 75.4 Å². The van der Waals surface area contributed by atoms with Crippen molar-refractivity contribution < 1.29 is 28.4 Å². The number of imidazole rings is 2. The van der Waals surface area contributed by atoms with Crippen LogP contribution in [0.3, 0.4) is 0 Å². The molecular formula is C40H30Cl4N10O7. The molecule has 8 heterocycles. The monoisotopic (exact) mass is 902 g/mol. The van der Waals surface area contributed by atoms with E-state index in [-0.39, 0.29) is 39.2 Å². The molecule has 21 heteroatoms. The SMILES string of the molecule is CC(=O)O[C@H]1CCN2c3nc4c(Cl)c(Cl)ccc4c(-n4cnc(C5CC[C@@H](CNC(=O)c6cc(=O)[nH]o6)N5c5cc(-n6ccnc6)c6ccc(Cl)c(Cl)c6n5)c4)c3OC(=O)[C@H]12. The summed E-state index contributed by atoms with van der Waals surface area (Å²) in [4.78, 5) is 73.5. The zero-order valence-corrected chi connectivity index (χ0v) is 34.7. The predicted molar refractivity (Wildman–Crippen MR) is 225 cm³/mol. The number of halogens is 4. The number of nitrogens with zero attached hydrogens (tertiary/aromatic N) is 8. The molecule has 7 aromatic rings. The van der Waals surface area contributed by atoms with E-state index in [9.17, 15) is 19.2 Å². The summed E-state index contributed by atoms with van der Waals surface area (Å²) in [5.41, 5.74) is 2.06. The fraction of sp³-hybridized carbons (Fsp3) is 0.250. The first-order valence-corrected chi connectivity index (χ1v) is 20.5. The number of nitrogens with one attached hydrogen (secondary N) is 2. The average molecular weight is 905 g/mol. The van der Waals surface area contributed by atoms with Crippen LogP contribution in [0, 0.1) is 0 Å². The van der Waals surface area contributed by atoms with E-state index >= 15 is 0 Å². The number of carbonyl (C=O) groups is 3. The van der Waals surface area contributed by atoms with Gasteiger partial charge in [0.2, 0.25) is 5.76 Å². The maximum atomic E-state index is 13.7. The Morgan fingerprint density at radius 1 is 0.951 bits per heavy atom. The van der Waals surface area contributed by atoms with Gasteiger partial charge in [0, 0.05) is 67.9 Å². The number of amides is 1. The first kappa shape index (κ1) is 39.0. The van der Waals surface area contributed by atoms with Crippen molar-refractivity contribution >= 4 is 97.7 Å². The van der Waals surface area contributed by atoms with Crippen molar-refractivity contribution in [1.29, 1.82) is 0 Å². The van der Waals surface area contributed by atoms with E-state index < -0.39 is 41.6 Å². The normalized spacial score (nSPS) is 19.7.